The van der Waals surface area contributed by atoms with Crippen molar-refractivity contribution in [3.8, 4) is 0 Å². The van der Waals surface area contributed by atoms with E-state index in [9.17, 15) is 9.59 Å². The molecule has 7 nitrogen and oxygen atoms in total. The number of carbonyl (C=O) groups excluding carboxylic acids is 1. The molecule has 0 bridgehead atoms. The summed E-state index contributed by atoms with van der Waals surface area (Å²) >= 11 is 0. The number of aromatic nitrogens is 1. The van der Waals surface area contributed by atoms with Crippen molar-refractivity contribution in [2.45, 2.75) is 32.9 Å². The Bertz CT molecular complexity index is 494. The SMILES string of the molecule is CC(C)(C)N(CCNC(=O)c1ccc(CO)nc1)C(=O)O. The lowest BCUT2D eigenvalue weighted by Gasteiger charge is -2.33. The third kappa shape index (κ3) is 5.03. The molecule has 3 N–H and O–H groups in total. The van der Waals surface area contributed by atoms with Crippen molar-refractivity contribution in [2.24, 2.45) is 0 Å². The van der Waals surface area contributed by atoms with Gasteiger partial charge in [0.2, 0.25) is 0 Å². The van der Waals surface area contributed by atoms with E-state index in [1.807, 2.05) is 0 Å². The number of amides is 2. The topological polar surface area (TPSA) is 103 Å². The molecule has 1 heterocycles. The van der Waals surface area contributed by atoms with E-state index in [0.29, 0.717) is 11.3 Å². The van der Waals surface area contributed by atoms with Gasteiger partial charge in [-0.2, -0.15) is 0 Å². The maximum Gasteiger partial charge on any atom is 0.407 e. The number of hydrogen-bond donors (Lipinski definition) is 3. The first kappa shape index (κ1) is 16.9. The van der Waals surface area contributed by atoms with Gasteiger partial charge in [0.15, 0.2) is 0 Å². The third-order valence-corrected chi connectivity index (χ3v) is 2.91. The number of rotatable bonds is 5. The highest BCUT2D eigenvalue weighted by molar-refractivity contribution is 5.93. The van der Waals surface area contributed by atoms with Gasteiger partial charge in [-0.25, -0.2) is 4.79 Å². The fraction of sp³-hybridized carbons (Fsp3) is 0.500. The van der Waals surface area contributed by atoms with Crippen molar-refractivity contribution in [1.82, 2.24) is 15.2 Å². The van der Waals surface area contributed by atoms with E-state index in [1.54, 1.807) is 32.9 Å². The molecule has 21 heavy (non-hydrogen) atoms. The summed E-state index contributed by atoms with van der Waals surface area (Å²) in [4.78, 5) is 28.2. The quantitative estimate of drug-likeness (QED) is 0.754. The van der Waals surface area contributed by atoms with Gasteiger partial charge in [-0.05, 0) is 32.9 Å². The van der Waals surface area contributed by atoms with Crippen LogP contribution < -0.4 is 5.32 Å². The first-order valence-corrected chi connectivity index (χ1v) is 6.60. The zero-order valence-corrected chi connectivity index (χ0v) is 12.5. The van der Waals surface area contributed by atoms with Crippen LogP contribution >= 0.6 is 0 Å². The summed E-state index contributed by atoms with van der Waals surface area (Å²) < 4.78 is 0. The fourth-order valence-corrected chi connectivity index (χ4v) is 1.75. The number of aliphatic hydroxyl groups excluding tert-OH is 1. The highest BCUT2D eigenvalue weighted by atomic mass is 16.4. The number of aliphatic hydroxyl groups is 1. The van der Waals surface area contributed by atoms with E-state index in [2.05, 4.69) is 10.3 Å². The van der Waals surface area contributed by atoms with Gasteiger partial charge in [0, 0.05) is 24.8 Å². The average Bonchev–Trinajstić information content (AvgIpc) is 2.41. The third-order valence-electron chi connectivity index (χ3n) is 2.91. The van der Waals surface area contributed by atoms with Crippen LogP contribution in [0.15, 0.2) is 18.3 Å². The van der Waals surface area contributed by atoms with E-state index in [4.69, 9.17) is 10.2 Å². The van der Waals surface area contributed by atoms with E-state index < -0.39 is 11.6 Å². The van der Waals surface area contributed by atoms with Gasteiger partial charge in [0.05, 0.1) is 17.9 Å². The molecule has 0 radical (unpaired) electrons. The second-order valence-electron chi connectivity index (χ2n) is 5.56. The predicted octanol–water partition coefficient (Wildman–Crippen LogP) is 1.08. The van der Waals surface area contributed by atoms with Crippen LogP contribution in [-0.4, -0.2) is 50.7 Å². The van der Waals surface area contributed by atoms with Crippen molar-refractivity contribution in [3.63, 3.8) is 0 Å². The van der Waals surface area contributed by atoms with Crippen molar-refractivity contribution >= 4 is 12.0 Å². The standard InChI is InChI=1S/C14H21N3O4/c1-14(2,3)17(13(20)21)7-6-15-12(19)10-4-5-11(9-18)16-8-10/h4-5,8,18H,6-7,9H2,1-3H3,(H,15,19)(H,20,21). The van der Waals surface area contributed by atoms with Crippen LogP contribution in [0.4, 0.5) is 4.79 Å². The van der Waals surface area contributed by atoms with E-state index in [-0.39, 0.29) is 25.6 Å². The predicted molar refractivity (Wildman–Crippen MR) is 77.0 cm³/mol. The van der Waals surface area contributed by atoms with Gasteiger partial charge < -0.3 is 20.4 Å². The molecule has 116 valence electrons. The second kappa shape index (κ2) is 7.03. The normalized spacial score (nSPS) is 11.0. The molecular weight excluding hydrogens is 274 g/mol. The molecule has 0 saturated heterocycles. The molecule has 0 saturated carbocycles. The molecule has 0 aliphatic carbocycles. The Hall–Kier alpha value is -2.15. The second-order valence-corrected chi connectivity index (χ2v) is 5.56. The van der Waals surface area contributed by atoms with Crippen molar-refractivity contribution in [2.75, 3.05) is 13.1 Å². The summed E-state index contributed by atoms with van der Waals surface area (Å²) in [6, 6.07) is 3.13. The summed E-state index contributed by atoms with van der Waals surface area (Å²) in [5, 5.41) is 20.6. The molecule has 0 fully saturated rings. The Labute approximate surface area is 123 Å². The average molecular weight is 295 g/mol. The Kier molecular flexibility index (Phi) is 5.66. The summed E-state index contributed by atoms with van der Waals surface area (Å²) in [5.41, 5.74) is 0.321. The smallest absolute Gasteiger partial charge is 0.407 e. The van der Waals surface area contributed by atoms with E-state index in [1.165, 1.54) is 11.1 Å². The van der Waals surface area contributed by atoms with Crippen molar-refractivity contribution in [3.05, 3.63) is 29.6 Å². The van der Waals surface area contributed by atoms with Gasteiger partial charge in [0.25, 0.3) is 5.91 Å². The van der Waals surface area contributed by atoms with Crippen molar-refractivity contribution < 1.29 is 19.8 Å². The minimum atomic E-state index is -1.02. The highest BCUT2D eigenvalue weighted by Crippen LogP contribution is 2.12. The zero-order valence-electron chi connectivity index (χ0n) is 12.5. The molecule has 0 spiro atoms. The number of nitrogens with one attached hydrogen (secondary N) is 1. The Morgan fingerprint density at radius 1 is 1.33 bits per heavy atom. The van der Waals surface area contributed by atoms with E-state index >= 15 is 0 Å². The number of carboxylic acid groups (broad SMARTS) is 1. The number of pyridine rings is 1. The summed E-state index contributed by atoms with van der Waals surface area (Å²) in [7, 11) is 0. The first-order chi connectivity index (χ1) is 9.75. The van der Waals surface area contributed by atoms with Crippen LogP contribution in [0.5, 0.6) is 0 Å². The van der Waals surface area contributed by atoms with Crippen molar-refractivity contribution in [1.29, 1.82) is 0 Å². The van der Waals surface area contributed by atoms with Crippen LogP contribution in [0.25, 0.3) is 0 Å². The van der Waals surface area contributed by atoms with E-state index in [0.717, 1.165) is 0 Å². The molecule has 0 aromatic carbocycles. The Morgan fingerprint density at radius 2 is 2.00 bits per heavy atom. The molecule has 1 aromatic rings. The molecule has 0 aliphatic rings. The number of carbonyl (C=O) groups is 2. The lowest BCUT2D eigenvalue weighted by atomic mass is 10.1. The van der Waals surface area contributed by atoms with Crippen LogP contribution in [0.2, 0.25) is 0 Å². The van der Waals surface area contributed by atoms with Gasteiger partial charge in [-0.3, -0.25) is 9.78 Å². The maximum atomic E-state index is 11.9. The summed E-state index contributed by atoms with van der Waals surface area (Å²) in [5.74, 6) is -0.328. The number of nitrogens with zero attached hydrogens (tertiary/aromatic N) is 2. The number of hydrogen-bond acceptors (Lipinski definition) is 4. The Morgan fingerprint density at radius 3 is 2.43 bits per heavy atom. The molecule has 0 atom stereocenters. The maximum absolute atomic E-state index is 11.9. The van der Waals surface area contributed by atoms with Gasteiger partial charge in [-0.15, -0.1) is 0 Å². The minimum absolute atomic E-state index is 0.180. The largest absolute Gasteiger partial charge is 0.465 e. The molecule has 0 aliphatic heterocycles. The summed E-state index contributed by atoms with van der Waals surface area (Å²) in [6.45, 7) is 5.61. The van der Waals surface area contributed by atoms with Crippen LogP contribution in [0, 0.1) is 0 Å². The van der Waals surface area contributed by atoms with Crippen LogP contribution in [0.1, 0.15) is 36.8 Å². The highest BCUT2D eigenvalue weighted by Gasteiger charge is 2.25. The molecule has 2 amide bonds. The first-order valence-electron chi connectivity index (χ1n) is 6.60. The lowest BCUT2D eigenvalue weighted by Crippen LogP contribution is -2.48. The molecule has 7 heteroatoms. The minimum Gasteiger partial charge on any atom is -0.465 e. The van der Waals surface area contributed by atoms with Gasteiger partial charge in [0.1, 0.15) is 0 Å². The zero-order chi connectivity index (χ0) is 16.0. The molecule has 1 rings (SSSR count). The lowest BCUT2D eigenvalue weighted by molar-refractivity contribution is 0.0891. The molecular formula is C14H21N3O4. The summed E-state index contributed by atoms with van der Waals surface area (Å²) in [6.07, 6.45) is 0.352. The van der Waals surface area contributed by atoms with Gasteiger partial charge in [-0.1, -0.05) is 0 Å². The monoisotopic (exact) mass is 295 g/mol. The Balaban J connectivity index is 2.54. The fourth-order valence-electron chi connectivity index (χ4n) is 1.75. The van der Waals surface area contributed by atoms with Crippen LogP contribution in [-0.2, 0) is 6.61 Å². The molecule has 0 unspecified atom stereocenters. The van der Waals surface area contributed by atoms with Crippen LogP contribution in [0.3, 0.4) is 0 Å². The molecule has 1 aromatic heterocycles. The van der Waals surface area contributed by atoms with Gasteiger partial charge >= 0.3 is 6.09 Å².